The van der Waals surface area contributed by atoms with Gasteiger partial charge in [0.25, 0.3) is 0 Å². The topological polar surface area (TPSA) is 24.7 Å². The van der Waals surface area contributed by atoms with Crippen LogP contribution in [0.4, 0.5) is 0 Å². The summed E-state index contributed by atoms with van der Waals surface area (Å²) in [6.45, 7) is 4.23. The molecule has 0 saturated heterocycles. The molecule has 0 amide bonds. The fraction of sp³-hybridized carbons (Fsp3) is 0.667. The number of azo groups is 1. The summed E-state index contributed by atoms with van der Waals surface area (Å²) in [6.07, 6.45) is 13.2. The van der Waals surface area contributed by atoms with Gasteiger partial charge in [-0.15, -0.1) is 0 Å². The van der Waals surface area contributed by atoms with Gasteiger partial charge in [0.05, 0.1) is 12.1 Å². The molecule has 0 aromatic rings. The highest BCUT2D eigenvalue weighted by Gasteiger charge is 1.99. The van der Waals surface area contributed by atoms with E-state index < -0.39 is 0 Å². The Labute approximate surface area is 86.8 Å². The van der Waals surface area contributed by atoms with Gasteiger partial charge in [-0.3, -0.25) is 0 Å². The van der Waals surface area contributed by atoms with Gasteiger partial charge in [0.1, 0.15) is 0 Å². The van der Waals surface area contributed by atoms with Crippen molar-refractivity contribution in [1.29, 1.82) is 0 Å². The Morgan fingerprint density at radius 2 is 1.21 bits per heavy atom. The smallest absolute Gasteiger partial charge is 0.0714 e. The third-order valence-corrected chi connectivity index (χ3v) is 2.25. The first-order valence-corrected chi connectivity index (χ1v) is 5.49. The molecule has 0 bridgehead atoms. The molecule has 0 radical (unpaired) electrons. The van der Waals surface area contributed by atoms with Crippen molar-refractivity contribution < 1.29 is 0 Å². The summed E-state index contributed by atoms with van der Waals surface area (Å²) in [7, 11) is 0. The highest BCUT2D eigenvalue weighted by molar-refractivity contribution is 4.91. The van der Waals surface area contributed by atoms with Crippen LogP contribution in [0.2, 0.25) is 0 Å². The lowest BCUT2D eigenvalue weighted by atomic mass is 10.1. The average Bonchev–Trinajstić information content (AvgIpc) is 2.17. The van der Waals surface area contributed by atoms with Crippen LogP contribution in [0.5, 0.6) is 0 Å². The van der Waals surface area contributed by atoms with Gasteiger partial charge in [-0.25, -0.2) is 0 Å². The molecule has 0 aromatic heterocycles. The lowest BCUT2D eigenvalue weighted by Crippen LogP contribution is -1.99. The van der Waals surface area contributed by atoms with Crippen molar-refractivity contribution in [2.45, 2.75) is 51.6 Å². The van der Waals surface area contributed by atoms with Crippen LogP contribution in [-0.4, -0.2) is 12.1 Å². The molecule has 1 rings (SSSR count). The number of nitrogens with zero attached hydrogens (tertiary/aromatic N) is 2. The van der Waals surface area contributed by atoms with Crippen LogP contribution < -0.4 is 0 Å². The summed E-state index contributed by atoms with van der Waals surface area (Å²) in [5.74, 6) is 0. The molecular formula is C12H20N2. The summed E-state index contributed by atoms with van der Waals surface area (Å²) in [5.41, 5.74) is 0. The summed E-state index contributed by atoms with van der Waals surface area (Å²) in [4.78, 5) is 0. The first kappa shape index (κ1) is 11.2. The molecule has 0 N–H and O–H groups in total. The average molecular weight is 192 g/mol. The largest absolute Gasteiger partial charge is 0.191 e. The molecule has 78 valence electrons. The number of rotatable bonds is 0. The maximum absolute atomic E-state index is 4.28. The Hall–Kier alpha value is -0.920. The quantitative estimate of drug-likeness (QED) is 0.520. The number of hydrogen-bond acceptors (Lipinski definition) is 2. The van der Waals surface area contributed by atoms with E-state index in [0.29, 0.717) is 12.1 Å². The molecule has 0 saturated carbocycles. The molecule has 0 spiro atoms. The standard InChI is InChI=1S/C12H20N2/c1-11-9-7-5-3-4-6-8-10-12(2)14-13-11/h5-8,11-12H,3-4,9-10H2,1-2H3/b7-5+,8-6+,14-13+. The molecule has 2 nitrogen and oxygen atoms in total. The SMILES string of the molecule is CC1C/C=C/CC/C=C/CC(C)/N=N/1. The van der Waals surface area contributed by atoms with Crippen molar-refractivity contribution in [2.24, 2.45) is 10.2 Å². The van der Waals surface area contributed by atoms with E-state index in [1.165, 1.54) is 0 Å². The van der Waals surface area contributed by atoms with E-state index in [2.05, 4.69) is 48.4 Å². The van der Waals surface area contributed by atoms with E-state index in [1.54, 1.807) is 0 Å². The summed E-state index contributed by atoms with van der Waals surface area (Å²) in [5, 5.41) is 8.56. The predicted molar refractivity (Wildman–Crippen MR) is 60.5 cm³/mol. The van der Waals surface area contributed by atoms with E-state index in [-0.39, 0.29) is 0 Å². The summed E-state index contributed by atoms with van der Waals surface area (Å²) >= 11 is 0. The number of hydrogen-bond donors (Lipinski definition) is 0. The zero-order valence-electron chi connectivity index (χ0n) is 9.19. The Morgan fingerprint density at radius 1 is 0.786 bits per heavy atom. The molecule has 1 aliphatic rings. The van der Waals surface area contributed by atoms with Gasteiger partial charge in [-0.05, 0) is 39.5 Å². The molecule has 0 aliphatic carbocycles. The molecule has 0 fully saturated rings. The normalized spacial score (nSPS) is 36.4. The third kappa shape index (κ3) is 4.95. The molecule has 2 atom stereocenters. The second kappa shape index (κ2) is 6.52. The van der Waals surface area contributed by atoms with E-state index in [1.807, 2.05) is 0 Å². The predicted octanol–water partition coefficient (Wildman–Crippen LogP) is 3.90. The fourth-order valence-corrected chi connectivity index (χ4v) is 1.34. The molecule has 2 unspecified atom stereocenters. The first-order valence-electron chi connectivity index (χ1n) is 5.49. The lowest BCUT2D eigenvalue weighted by Gasteiger charge is -2.04. The van der Waals surface area contributed by atoms with Crippen LogP contribution in [0, 0.1) is 0 Å². The fourth-order valence-electron chi connectivity index (χ4n) is 1.34. The Balaban J connectivity index is 2.53. The van der Waals surface area contributed by atoms with Crippen molar-refractivity contribution in [3.8, 4) is 0 Å². The van der Waals surface area contributed by atoms with Gasteiger partial charge in [-0.1, -0.05) is 24.3 Å². The zero-order valence-corrected chi connectivity index (χ0v) is 9.19. The van der Waals surface area contributed by atoms with Crippen molar-refractivity contribution in [1.82, 2.24) is 0 Å². The summed E-state index contributed by atoms with van der Waals surface area (Å²) < 4.78 is 0. The maximum atomic E-state index is 4.28. The van der Waals surface area contributed by atoms with Crippen molar-refractivity contribution >= 4 is 0 Å². The Kier molecular flexibility index (Phi) is 5.20. The minimum Gasteiger partial charge on any atom is -0.191 e. The Bertz CT molecular complexity index is 204. The minimum absolute atomic E-state index is 0.331. The van der Waals surface area contributed by atoms with Gasteiger partial charge in [0.15, 0.2) is 0 Å². The van der Waals surface area contributed by atoms with Crippen LogP contribution in [0.15, 0.2) is 34.5 Å². The maximum Gasteiger partial charge on any atom is 0.0714 e. The highest BCUT2D eigenvalue weighted by atomic mass is 15.1. The van der Waals surface area contributed by atoms with Crippen molar-refractivity contribution in [3.63, 3.8) is 0 Å². The van der Waals surface area contributed by atoms with E-state index in [0.717, 1.165) is 25.7 Å². The van der Waals surface area contributed by atoms with Crippen LogP contribution in [0.25, 0.3) is 0 Å². The van der Waals surface area contributed by atoms with E-state index in [9.17, 15) is 0 Å². The minimum atomic E-state index is 0.331. The molecule has 0 aromatic carbocycles. The molecule has 14 heavy (non-hydrogen) atoms. The lowest BCUT2D eigenvalue weighted by molar-refractivity contribution is 0.623. The van der Waals surface area contributed by atoms with Gasteiger partial charge in [0.2, 0.25) is 0 Å². The van der Waals surface area contributed by atoms with Gasteiger partial charge in [0, 0.05) is 0 Å². The van der Waals surface area contributed by atoms with Crippen LogP contribution >= 0.6 is 0 Å². The number of allylic oxidation sites excluding steroid dienone is 2. The molecule has 1 heterocycles. The third-order valence-electron chi connectivity index (χ3n) is 2.25. The Morgan fingerprint density at radius 3 is 1.64 bits per heavy atom. The molecule has 2 heteroatoms. The van der Waals surface area contributed by atoms with Gasteiger partial charge in [-0.2, -0.15) is 10.2 Å². The van der Waals surface area contributed by atoms with Crippen LogP contribution in [-0.2, 0) is 0 Å². The van der Waals surface area contributed by atoms with Gasteiger partial charge >= 0.3 is 0 Å². The second-order valence-electron chi connectivity index (χ2n) is 3.92. The van der Waals surface area contributed by atoms with E-state index >= 15 is 0 Å². The second-order valence-corrected chi connectivity index (χ2v) is 3.92. The van der Waals surface area contributed by atoms with Crippen LogP contribution in [0.1, 0.15) is 39.5 Å². The monoisotopic (exact) mass is 192 g/mol. The summed E-state index contributed by atoms with van der Waals surface area (Å²) in [6, 6.07) is 0.661. The molecular weight excluding hydrogens is 172 g/mol. The van der Waals surface area contributed by atoms with Crippen molar-refractivity contribution in [2.75, 3.05) is 0 Å². The highest BCUT2D eigenvalue weighted by Crippen LogP contribution is 2.07. The van der Waals surface area contributed by atoms with Gasteiger partial charge < -0.3 is 0 Å². The van der Waals surface area contributed by atoms with Crippen molar-refractivity contribution in [3.05, 3.63) is 24.3 Å². The first-order chi connectivity index (χ1) is 6.79. The zero-order chi connectivity index (χ0) is 10.2. The molecule has 1 aliphatic heterocycles. The van der Waals surface area contributed by atoms with Crippen LogP contribution in [0.3, 0.4) is 0 Å². The van der Waals surface area contributed by atoms with E-state index in [4.69, 9.17) is 0 Å².